The van der Waals surface area contributed by atoms with Gasteiger partial charge >= 0.3 is 5.97 Å². The molecule has 0 saturated heterocycles. The van der Waals surface area contributed by atoms with E-state index in [4.69, 9.17) is 5.11 Å². The van der Waals surface area contributed by atoms with Crippen LogP contribution in [-0.4, -0.2) is 23.5 Å². The van der Waals surface area contributed by atoms with E-state index in [0.29, 0.717) is 6.54 Å². The quantitative estimate of drug-likeness (QED) is 0.701. The lowest BCUT2D eigenvalue weighted by atomic mass is 9.89. The van der Waals surface area contributed by atoms with E-state index in [9.17, 15) is 9.59 Å². The van der Waals surface area contributed by atoms with Gasteiger partial charge in [0.25, 0.3) is 0 Å². The maximum absolute atomic E-state index is 11.4. The number of nitrogens with one attached hydrogen (secondary N) is 1. The third-order valence-corrected chi connectivity index (χ3v) is 2.75. The molecule has 1 aliphatic carbocycles. The van der Waals surface area contributed by atoms with Crippen LogP contribution in [0, 0.1) is 11.3 Å². The SMILES string of the molecule is CC(C)(CC(=O)NCCC1CC1)C(=O)O. The molecule has 0 spiro atoms. The summed E-state index contributed by atoms with van der Waals surface area (Å²) in [4.78, 5) is 22.2. The minimum absolute atomic E-state index is 0.0486. The lowest BCUT2D eigenvalue weighted by Gasteiger charge is -2.18. The number of carbonyl (C=O) groups excluding carboxylic acids is 1. The molecule has 1 rings (SSSR count). The second-order valence-electron chi connectivity index (χ2n) is 4.95. The molecular formula is C11H19NO3. The predicted octanol–water partition coefficient (Wildman–Crippen LogP) is 1.40. The molecule has 1 saturated carbocycles. The van der Waals surface area contributed by atoms with Crippen molar-refractivity contribution in [2.45, 2.75) is 39.5 Å². The smallest absolute Gasteiger partial charge is 0.309 e. The van der Waals surface area contributed by atoms with Crippen LogP contribution in [0.5, 0.6) is 0 Å². The number of carboxylic acids is 1. The number of amides is 1. The summed E-state index contributed by atoms with van der Waals surface area (Å²) >= 11 is 0. The van der Waals surface area contributed by atoms with Gasteiger partial charge in [-0.15, -0.1) is 0 Å². The first-order valence-corrected chi connectivity index (χ1v) is 5.42. The predicted molar refractivity (Wildman–Crippen MR) is 56.4 cm³/mol. The molecule has 0 aliphatic heterocycles. The van der Waals surface area contributed by atoms with Crippen LogP contribution < -0.4 is 5.32 Å². The molecule has 0 heterocycles. The zero-order chi connectivity index (χ0) is 11.5. The zero-order valence-corrected chi connectivity index (χ0v) is 9.38. The summed E-state index contributed by atoms with van der Waals surface area (Å²) in [7, 11) is 0. The van der Waals surface area contributed by atoms with Crippen molar-refractivity contribution < 1.29 is 14.7 Å². The van der Waals surface area contributed by atoms with Crippen LogP contribution in [-0.2, 0) is 9.59 Å². The molecule has 2 N–H and O–H groups in total. The van der Waals surface area contributed by atoms with E-state index in [-0.39, 0.29) is 12.3 Å². The Morgan fingerprint density at radius 1 is 1.40 bits per heavy atom. The third-order valence-electron chi connectivity index (χ3n) is 2.75. The minimum atomic E-state index is -0.969. The van der Waals surface area contributed by atoms with Crippen LogP contribution in [0.15, 0.2) is 0 Å². The van der Waals surface area contributed by atoms with Crippen molar-refractivity contribution in [3.8, 4) is 0 Å². The monoisotopic (exact) mass is 213 g/mol. The van der Waals surface area contributed by atoms with Gasteiger partial charge in [0.15, 0.2) is 0 Å². The number of aliphatic carboxylic acids is 1. The molecule has 0 bridgehead atoms. The fraction of sp³-hybridized carbons (Fsp3) is 0.818. The molecule has 0 atom stereocenters. The Kier molecular flexibility index (Phi) is 3.72. The summed E-state index contributed by atoms with van der Waals surface area (Å²) < 4.78 is 0. The van der Waals surface area contributed by atoms with Gasteiger partial charge in [0.2, 0.25) is 5.91 Å². The normalized spacial score (nSPS) is 16.1. The number of hydrogen-bond donors (Lipinski definition) is 2. The van der Waals surface area contributed by atoms with E-state index in [2.05, 4.69) is 5.32 Å². The molecule has 0 radical (unpaired) electrons. The maximum atomic E-state index is 11.4. The molecular weight excluding hydrogens is 194 g/mol. The number of rotatable bonds is 6. The minimum Gasteiger partial charge on any atom is -0.481 e. The lowest BCUT2D eigenvalue weighted by molar-refractivity contribution is -0.149. The van der Waals surface area contributed by atoms with Gasteiger partial charge in [0.05, 0.1) is 5.41 Å². The molecule has 1 aliphatic rings. The van der Waals surface area contributed by atoms with E-state index in [0.717, 1.165) is 12.3 Å². The Morgan fingerprint density at radius 2 is 2.00 bits per heavy atom. The van der Waals surface area contributed by atoms with Gasteiger partial charge in [-0.1, -0.05) is 12.8 Å². The largest absolute Gasteiger partial charge is 0.481 e. The van der Waals surface area contributed by atoms with Gasteiger partial charge < -0.3 is 10.4 Å². The topological polar surface area (TPSA) is 66.4 Å². The van der Waals surface area contributed by atoms with Gasteiger partial charge in [0.1, 0.15) is 0 Å². The molecule has 0 unspecified atom stereocenters. The first-order chi connectivity index (χ1) is 6.92. The number of hydrogen-bond acceptors (Lipinski definition) is 2. The summed E-state index contributed by atoms with van der Waals surface area (Å²) in [6, 6.07) is 0. The van der Waals surface area contributed by atoms with Crippen molar-refractivity contribution in [3.63, 3.8) is 0 Å². The first kappa shape index (κ1) is 12.0. The zero-order valence-electron chi connectivity index (χ0n) is 9.38. The molecule has 86 valence electrons. The highest BCUT2D eigenvalue weighted by Crippen LogP contribution is 2.31. The Balaban J connectivity index is 2.18. The van der Waals surface area contributed by atoms with E-state index >= 15 is 0 Å². The second kappa shape index (κ2) is 4.64. The summed E-state index contributed by atoms with van der Waals surface area (Å²) in [5, 5.41) is 11.6. The lowest BCUT2D eigenvalue weighted by Crippen LogP contribution is -2.33. The second-order valence-corrected chi connectivity index (χ2v) is 4.95. The van der Waals surface area contributed by atoms with Gasteiger partial charge in [-0.05, 0) is 26.2 Å². The van der Waals surface area contributed by atoms with E-state index in [1.54, 1.807) is 13.8 Å². The molecule has 1 fully saturated rings. The number of carbonyl (C=O) groups is 2. The summed E-state index contributed by atoms with van der Waals surface area (Å²) in [5.41, 5.74) is -0.969. The molecule has 4 nitrogen and oxygen atoms in total. The van der Waals surface area contributed by atoms with Crippen molar-refractivity contribution in [2.24, 2.45) is 11.3 Å². The fourth-order valence-electron chi connectivity index (χ4n) is 1.36. The van der Waals surface area contributed by atoms with Crippen LogP contribution in [0.2, 0.25) is 0 Å². The molecule has 0 aromatic carbocycles. The van der Waals surface area contributed by atoms with Crippen molar-refractivity contribution in [2.75, 3.05) is 6.54 Å². The van der Waals surface area contributed by atoms with Crippen LogP contribution in [0.4, 0.5) is 0 Å². The first-order valence-electron chi connectivity index (χ1n) is 5.42. The van der Waals surface area contributed by atoms with Crippen LogP contribution in [0.25, 0.3) is 0 Å². The molecule has 15 heavy (non-hydrogen) atoms. The molecule has 1 amide bonds. The Hall–Kier alpha value is -1.06. The average molecular weight is 213 g/mol. The van der Waals surface area contributed by atoms with Gasteiger partial charge in [-0.2, -0.15) is 0 Å². The Labute approximate surface area is 90.0 Å². The molecule has 0 aromatic heterocycles. The Morgan fingerprint density at radius 3 is 2.47 bits per heavy atom. The highest BCUT2D eigenvalue weighted by molar-refractivity contribution is 5.84. The highest BCUT2D eigenvalue weighted by atomic mass is 16.4. The van der Waals surface area contributed by atoms with E-state index in [1.165, 1.54) is 12.8 Å². The fourth-order valence-corrected chi connectivity index (χ4v) is 1.36. The van der Waals surface area contributed by atoms with Crippen molar-refractivity contribution in [3.05, 3.63) is 0 Å². The highest BCUT2D eigenvalue weighted by Gasteiger charge is 2.30. The summed E-state index contributed by atoms with van der Waals surface area (Å²) in [6.07, 6.45) is 3.62. The van der Waals surface area contributed by atoms with Crippen molar-refractivity contribution in [1.29, 1.82) is 0 Å². The standard InChI is InChI=1S/C11H19NO3/c1-11(2,10(14)15)7-9(13)12-6-5-8-3-4-8/h8H,3-7H2,1-2H3,(H,12,13)(H,14,15). The van der Waals surface area contributed by atoms with Gasteiger partial charge in [-0.3, -0.25) is 9.59 Å². The van der Waals surface area contributed by atoms with Gasteiger partial charge in [0, 0.05) is 13.0 Å². The van der Waals surface area contributed by atoms with Crippen LogP contribution in [0.3, 0.4) is 0 Å². The maximum Gasteiger partial charge on any atom is 0.309 e. The van der Waals surface area contributed by atoms with Crippen LogP contribution in [0.1, 0.15) is 39.5 Å². The van der Waals surface area contributed by atoms with E-state index < -0.39 is 11.4 Å². The van der Waals surface area contributed by atoms with Crippen molar-refractivity contribution in [1.82, 2.24) is 5.32 Å². The van der Waals surface area contributed by atoms with Crippen molar-refractivity contribution >= 4 is 11.9 Å². The van der Waals surface area contributed by atoms with E-state index in [1.807, 2.05) is 0 Å². The summed E-state index contributed by atoms with van der Waals surface area (Å²) in [5.74, 6) is -0.305. The number of carboxylic acid groups (broad SMARTS) is 1. The van der Waals surface area contributed by atoms with Gasteiger partial charge in [-0.25, -0.2) is 0 Å². The Bertz CT molecular complexity index is 257. The third kappa shape index (κ3) is 4.32. The molecule has 4 heteroatoms. The average Bonchev–Trinajstić information content (AvgIpc) is 2.86. The molecule has 0 aromatic rings. The van der Waals surface area contributed by atoms with Crippen LogP contribution >= 0.6 is 0 Å². The summed E-state index contributed by atoms with van der Waals surface area (Å²) in [6.45, 7) is 3.81.